The third-order valence-corrected chi connectivity index (χ3v) is 4.23. The van der Waals surface area contributed by atoms with Gasteiger partial charge in [-0.25, -0.2) is 4.79 Å². The molecule has 3 rings (SSSR count). The highest BCUT2D eigenvalue weighted by atomic mass is 16.6. The standard InChI is InChI=1S/C17H20N2O3/c1-3-22-17(21)19-9-7-12-11(2)16-14(5-4-6-15(16)20)18-13(12)8-10-19/h4-6,20H,3,7-10H2,1-2H3. The SMILES string of the molecule is CCOC(=O)N1CCc2nc3cccc(O)c3c(C)c2CC1. The number of ether oxygens (including phenoxy) is 1. The molecule has 0 fully saturated rings. The van der Waals surface area contributed by atoms with Crippen molar-refractivity contribution in [1.29, 1.82) is 0 Å². The Morgan fingerprint density at radius 2 is 2.14 bits per heavy atom. The van der Waals surface area contributed by atoms with E-state index in [4.69, 9.17) is 9.72 Å². The summed E-state index contributed by atoms with van der Waals surface area (Å²) < 4.78 is 5.09. The van der Waals surface area contributed by atoms with E-state index in [9.17, 15) is 9.90 Å². The van der Waals surface area contributed by atoms with Crippen molar-refractivity contribution in [2.45, 2.75) is 26.7 Å². The maximum absolute atomic E-state index is 11.9. The molecule has 0 bridgehead atoms. The molecule has 0 radical (unpaired) electrons. The van der Waals surface area contributed by atoms with E-state index >= 15 is 0 Å². The molecule has 1 amide bonds. The Balaban J connectivity index is 1.99. The normalized spacial score (nSPS) is 14.5. The van der Waals surface area contributed by atoms with E-state index in [2.05, 4.69) is 0 Å². The Morgan fingerprint density at radius 1 is 1.36 bits per heavy atom. The quantitative estimate of drug-likeness (QED) is 0.879. The van der Waals surface area contributed by atoms with Crippen molar-refractivity contribution in [3.05, 3.63) is 35.0 Å². The number of aromatic nitrogens is 1. The van der Waals surface area contributed by atoms with E-state index < -0.39 is 0 Å². The number of carbonyl (C=O) groups is 1. The molecule has 2 aromatic rings. The molecule has 1 aromatic carbocycles. The topological polar surface area (TPSA) is 62.7 Å². The zero-order chi connectivity index (χ0) is 15.7. The number of rotatable bonds is 1. The van der Waals surface area contributed by atoms with Crippen LogP contribution in [0.4, 0.5) is 4.79 Å². The number of aromatic hydroxyl groups is 1. The molecule has 5 heteroatoms. The minimum atomic E-state index is -0.264. The number of phenols is 1. The predicted octanol–water partition coefficient (Wildman–Crippen LogP) is 2.81. The lowest BCUT2D eigenvalue weighted by molar-refractivity contribution is 0.109. The third-order valence-electron chi connectivity index (χ3n) is 4.23. The van der Waals surface area contributed by atoms with Crippen LogP contribution in [0.15, 0.2) is 18.2 Å². The van der Waals surface area contributed by atoms with Crippen molar-refractivity contribution in [2.75, 3.05) is 19.7 Å². The van der Waals surface area contributed by atoms with Crippen LogP contribution in [0.5, 0.6) is 5.75 Å². The Kier molecular flexibility index (Phi) is 3.88. The van der Waals surface area contributed by atoms with Gasteiger partial charge < -0.3 is 14.7 Å². The first-order valence-electron chi connectivity index (χ1n) is 7.63. The second-order valence-corrected chi connectivity index (χ2v) is 5.52. The van der Waals surface area contributed by atoms with E-state index in [1.54, 1.807) is 17.0 Å². The van der Waals surface area contributed by atoms with Crippen LogP contribution in [0.1, 0.15) is 23.7 Å². The van der Waals surface area contributed by atoms with E-state index in [0.717, 1.165) is 34.1 Å². The summed E-state index contributed by atoms with van der Waals surface area (Å²) in [6.45, 7) is 5.45. The fourth-order valence-corrected chi connectivity index (χ4v) is 3.12. The average Bonchev–Trinajstić information content (AvgIpc) is 2.70. The number of carbonyl (C=O) groups excluding carboxylic acids is 1. The van der Waals surface area contributed by atoms with Gasteiger partial charge in [0.15, 0.2) is 0 Å². The van der Waals surface area contributed by atoms with E-state index in [0.29, 0.717) is 26.1 Å². The number of pyridine rings is 1. The van der Waals surface area contributed by atoms with Crippen molar-refractivity contribution in [1.82, 2.24) is 9.88 Å². The fourth-order valence-electron chi connectivity index (χ4n) is 3.12. The van der Waals surface area contributed by atoms with Crippen LogP contribution in [0, 0.1) is 6.92 Å². The lowest BCUT2D eigenvalue weighted by Gasteiger charge is -2.18. The van der Waals surface area contributed by atoms with E-state index in [1.165, 1.54) is 0 Å². The van der Waals surface area contributed by atoms with E-state index in [-0.39, 0.29) is 11.8 Å². The summed E-state index contributed by atoms with van der Waals surface area (Å²) in [5.41, 5.74) is 4.02. The highest BCUT2D eigenvalue weighted by Crippen LogP contribution is 2.31. The monoisotopic (exact) mass is 300 g/mol. The molecule has 0 saturated carbocycles. The van der Waals surface area contributed by atoms with Crippen molar-refractivity contribution in [3.63, 3.8) is 0 Å². The van der Waals surface area contributed by atoms with Crippen molar-refractivity contribution in [3.8, 4) is 5.75 Å². The fraction of sp³-hybridized carbons (Fsp3) is 0.412. The highest BCUT2D eigenvalue weighted by Gasteiger charge is 2.22. The summed E-state index contributed by atoms with van der Waals surface area (Å²) in [5, 5.41) is 10.9. The van der Waals surface area contributed by atoms with Gasteiger partial charge in [-0.15, -0.1) is 0 Å². The molecular formula is C17H20N2O3. The summed E-state index contributed by atoms with van der Waals surface area (Å²) in [4.78, 5) is 18.3. The maximum atomic E-state index is 11.9. The maximum Gasteiger partial charge on any atom is 0.409 e. The molecule has 0 atom stereocenters. The molecule has 0 aliphatic carbocycles. The molecule has 1 aliphatic rings. The molecule has 0 spiro atoms. The van der Waals surface area contributed by atoms with Gasteiger partial charge in [0.1, 0.15) is 5.75 Å². The number of benzene rings is 1. The second-order valence-electron chi connectivity index (χ2n) is 5.52. The van der Waals surface area contributed by atoms with Crippen molar-refractivity contribution in [2.24, 2.45) is 0 Å². The lowest BCUT2D eigenvalue weighted by atomic mass is 9.98. The Labute approximate surface area is 129 Å². The first-order chi connectivity index (χ1) is 10.6. The zero-order valence-corrected chi connectivity index (χ0v) is 12.9. The molecule has 116 valence electrons. The van der Waals surface area contributed by atoms with Gasteiger partial charge in [-0.3, -0.25) is 4.98 Å². The molecule has 2 heterocycles. The van der Waals surface area contributed by atoms with Crippen LogP contribution < -0.4 is 0 Å². The zero-order valence-electron chi connectivity index (χ0n) is 12.9. The number of aryl methyl sites for hydroxylation is 1. The molecule has 0 saturated heterocycles. The molecular weight excluding hydrogens is 280 g/mol. The number of phenolic OH excluding ortho intramolecular Hbond substituents is 1. The van der Waals surface area contributed by atoms with Crippen LogP contribution in [-0.4, -0.2) is 40.8 Å². The van der Waals surface area contributed by atoms with Gasteiger partial charge in [0, 0.05) is 30.6 Å². The molecule has 1 N–H and O–H groups in total. The number of amides is 1. The van der Waals surface area contributed by atoms with Gasteiger partial charge >= 0.3 is 6.09 Å². The van der Waals surface area contributed by atoms with Crippen LogP contribution in [0.2, 0.25) is 0 Å². The van der Waals surface area contributed by atoms with Crippen molar-refractivity contribution >= 4 is 17.0 Å². The van der Waals surface area contributed by atoms with Crippen LogP contribution in [0.3, 0.4) is 0 Å². The van der Waals surface area contributed by atoms with Gasteiger partial charge in [-0.1, -0.05) is 6.07 Å². The summed E-state index contributed by atoms with van der Waals surface area (Å²) in [6.07, 6.45) is 1.18. The second kappa shape index (κ2) is 5.83. The van der Waals surface area contributed by atoms with Gasteiger partial charge in [0.2, 0.25) is 0 Å². The van der Waals surface area contributed by atoms with Gasteiger partial charge in [0.05, 0.1) is 12.1 Å². The van der Waals surface area contributed by atoms with Gasteiger partial charge in [0.25, 0.3) is 0 Å². The highest BCUT2D eigenvalue weighted by molar-refractivity contribution is 5.89. The number of fused-ring (bicyclic) bond motifs is 2. The Bertz CT molecular complexity index is 727. The molecule has 1 aliphatic heterocycles. The lowest BCUT2D eigenvalue weighted by Crippen LogP contribution is -2.33. The molecule has 22 heavy (non-hydrogen) atoms. The number of nitrogens with zero attached hydrogens (tertiary/aromatic N) is 2. The summed E-state index contributed by atoms with van der Waals surface area (Å²) in [5.74, 6) is 0.261. The van der Waals surface area contributed by atoms with Gasteiger partial charge in [-0.2, -0.15) is 0 Å². The average molecular weight is 300 g/mol. The third kappa shape index (κ3) is 2.47. The predicted molar refractivity (Wildman–Crippen MR) is 84.1 cm³/mol. The molecule has 5 nitrogen and oxygen atoms in total. The van der Waals surface area contributed by atoms with Crippen LogP contribution >= 0.6 is 0 Å². The number of hydrogen-bond acceptors (Lipinski definition) is 4. The minimum Gasteiger partial charge on any atom is -0.507 e. The molecule has 0 unspecified atom stereocenters. The Morgan fingerprint density at radius 3 is 2.91 bits per heavy atom. The summed E-state index contributed by atoms with van der Waals surface area (Å²) in [7, 11) is 0. The number of hydrogen-bond donors (Lipinski definition) is 1. The van der Waals surface area contributed by atoms with Gasteiger partial charge in [-0.05, 0) is 43.5 Å². The van der Waals surface area contributed by atoms with Crippen molar-refractivity contribution < 1.29 is 14.6 Å². The summed E-state index contributed by atoms with van der Waals surface area (Å²) >= 11 is 0. The summed E-state index contributed by atoms with van der Waals surface area (Å²) in [6, 6.07) is 5.40. The smallest absolute Gasteiger partial charge is 0.409 e. The Hall–Kier alpha value is -2.30. The van der Waals surface area contributed by atoms with Crippen LogP contribution in [-0.2, 0) is 17.6 Å². The molecule has 1 aromatic heterocycles. The first-order valence-corrected chi connectivity index (χ1v) is 7.63. The van der Waals surface area contributed by atoms with E-state index in [1.807, 2.05) is 19.9 Å². The van der Waals surface area contributed by atoms with Crippen LogP contribution in [0.25, 0.3) is 10.9 Å². The first kappa shape index (κ1) is 14.6. The largest absolute Gasteiger partial charge is 0.507 e. The minimum absolute atomic E-state index is 0.261.